The highest BCUT2D eigenvalue weighted by molar-refractivity contribution is 5.76. The molecule has 0 aromatic rings. The average molecular weight is 252 g/mol. The zero-order valence-corrected chi connectivity index (χ0v) is 11.7. The third kappa shape index (κ3) is 4.60. The van der Waals surface area contributed by atoms with Gasteiger partial charge in [0.15, 0.2) is 0 Å². The number of carbonyl (C=O) groups excluding carboxylic acids is 1. The van der Waals surface area contributed by atoms with Crippen LogP contribution < -0.4 is 10.6 Å². The molecule has 1 aliphatic heterocycles. The number of rotatable bonds is 3. The van der Waals surface area contributed by atoms with Gasteiger partial charge in [-0.05, 0) is 37.6 Å². The van der Waals surface area contributed by atoms with Crippen LogP contribution in [0.2, 0.25) is 0 Å². The lowest BCUT2D eigenvalue weighted by Gasteiger charge is -2.29. The largest absolute Gasteiger partial charge is 0.352 e. The molecule has 3 heteroatoms. The smallest absolute Gasteiger partial charge is 0.220 e. The third-order valence-electron chi connectivity index (χ3n) is 4.38. The maximum atomic E-state index is 12.1. The normalized spacial score (nSPS) is 30.7. The number of amides is 1. The molecule has 2 N–H and O–H groups in total. The van der Waals surface area contributed by atoms with E-state index in [-0.39, 0.29) is 5.91 Å². The first-order valence-corrected chi connectivity index (χ1v) is 7.74. The van der Waals surface area contributed by atoms with Crippen LogP contribution in [0.15, 0.2) is 0 Å². The Hall–Kier alpha value is -0.570. The summed E-state index contributed by atoms with van der Waals surface area (Å²) in [5.74, 6) is 1.60. The summed E-state index contributed by atoms with van der Waals surface area (Å²) < 4.78 is 0. The van der Waals surface area contributed by atoms with Crippen molar-refractivity contribution in [3.8, 4) is 0 Å². The fourth-order valence-corrected chi connectivity index (χ4v) is 3.38. The Labute approximate surface area is 111 Å². The van der Waals surface area contributed by atoms with Crippen molar-refractivity contribution in [3.63, 3.8) is 0 Å². The Kier molecular flexibility index (Phi) is 5.48. The van der Waals surface area contributed by atoms with E-state index in [1.807, 2.05) is 0 Å². The van der Waals surface area contributed by atoms with Gasteiger partial charge >= 0.3 is 0 Å². The minimum atomic E-state index is 0.280. The molecule has 0 spiro atoms. The molecule has 1 amide bonds. The van der Waals surface area contributed by atoms with Crippen LogP contribution in [0, 0.1) is 11.8 Å². The molecule has 2 unspecified atom stereocenters. The van der Waals surface area contributed by atoms with Crippen LogP contribution in [0.25, 0.3) is 0 Å². The Morgan fingerprint density at radius 3 is 2.56 bits per heavy atom. The minimum absolute atomic E-state index is 0.280. The maximum absolute atomic E-state index is 12.1. The number of hydrogen-bond acceptors (Lipinski definition) is 2. The summed E-state index contributed by atoms with van der Waals surface area (Å²) in [6.07, 6.45) is 9.76. The Morgan fingerprint density at radius 1 is 1.17 bits per heavy atom. The second-order valence-electron chi connectivity index (χ2n) is 6.33. The predicted octanol–water partition coefficient (Wildman–Crippen LogP) is 2.46. The van der Waals surface area contributed by atoms with Crippen molar-refractivity contribution < 1.29 is 4.79 Å². The molecule has 1 heterocycles. The zero-order chi connectivity index (χ0) is 12.8. The van der Waals surface area contributed by atoms with Gasteiger partial charge in [-0.3, -0.25) is 4.79 Å². The van der Waals surface area contributed by atoms with Crippen molar-refractivity contribution in [2.45, 2.75) is 64.3 Å². The number of hydrogen-bond donors (Lipinski definition) is 2. The lowest BCUT2D eigenvalue weighted by molar-refractivity contribution is -0.123. The Balaban J connectivity index is 1.70. The summed E-state index contributed by atoms with van der Waals surface area (Å²) in [5, 5.41) is 6.60. The Morgan fingerprint density at radius 2 is 1.89 bits per heavy atom. The van der Waals surface area contributed by atoms with Gasteiger partial charge in [-0.25, -0.2) is 0 Å². The van der Waals surface area contributed by atoms with Crippen LogP contribution in [-0.4, -0.2) is 25.0 Å². The molecule has 2 atom stereocenters. The second kappa shape index (κ2) is 7.13. The lowest BCUT2D eigenvalue weighted by Crippen LogP contribution is -2.48. The van der Waals surface area contributed by atoms with Gasteiger partial charge in [0, 0.05) is 19.0 Å². The fraction of sp³-hybridized carbons (Fsp3) is 0.933. The second-order valence-corrected chi connectivity index (χ2v) is 6.33. The van der Waals surface area contributed by atoms with E-state index >= 15 is 0 Å². The average Bonchev–Trinajstić information content (AvgIpc) is 2.57. The van der Waals surface area contributed by atoms with Crippen LogP contribution in [0.4, 0.5) is 0 Å². The van der Waals surface area contributed by atoms with E-state index in [4.69, 9.17) is 0 Å². The first-order valence-electron chi connectivity index (χ1n) is 7.74. The summed E-state index contributed by atoms with van der Waals surface area (Å²) in [6, 6.07) is 0.354. The molecule has 0 aromatic carbocycles. The van der Waals surface area contributed by atoms with Crippen LogP contribution >= 0.6 is 0 Å². The van der Waals surface area contributed by atoms with E-state index in [0.29, 0.717) is 17.9 Å². The molecule has 0 radical (unpaired) electrons. The zero-order valence-electron chi connectivity index (χ0n) is 11.7. The topological polar surface area (TPSA) is 41.1 Å². The molecule has 2 fully saturated rings. The molecule has 3 nitrogen and oxygen atoms in total. The summed E-state index contributed by atoms with van der Waals surface area (Å²) in [4.78, 5) is 12.1. The molecule has 2 rings (SSSR count). The van der Waals surface area contributed by atoms with Crippen LogP contribution in [0.3, 0.4) is 0 Å². The maximum Gasteiger partial charge on any atom is 0.220 e. The number of nitrogens with one attached hydrogen (secondary N) is 2. The molecule has 2 aliphatic rings. The van der Waals surface area contributed by atoms with Crippen molar-refractivity contribution in [1.82, 2.24) is 10.6 Å². The van der Waals surface area contributed by atoms with Gasteiger partial charge in [-0.15, -0.1) is 0 Å². The summed E-state index contributed by atoms with van der Waals surface area (Å²) in [5.41, 5.74) is 0. The van der Waals surface area contributed by atoms with Gasteiger partial charge in [0.2, 0.25) is 5.91 Å². The summed E-state index contributed by atoms with van der Waals surface area (Å²) >= 11 is 0. The van der Waals surface area contributed by atoms with Crippen molar-refractivity contribution in [2.24, 2.45) is 11.8 Å². The van der Waals surface area contributed by atoms with Gasteiger partial charge in [0.05, 0.1) is 0 Å². The van der Waals surface area contributed by atoms with Crippen LogP contribution in [0.5, 0.6) is 0 Å². The minimum Gasteiger partial charge on any atom is -0.352 e. The van der Waals surface area contributed by atoms with Crippen molar-refractivity contribution >= 4 is 5.91 Å². The van der Waals surface area contributed by atoms with E-state index in [0.717, 1.165) is 25.9 Å². The quantitative estimate of drug-likeness (QED) is 0.758. The molecule has 1 aliphatic carbocycles. The molecule has 104 valence electrons. The molecular weight excluding hydrogens is 224 g/mol. The van der Waals surface area contributed by atoms with E-state index in [1.165, 1.54) is 38.5 Å². The Bertz CT molecular complexity index is 253. The third-order valence-corrected chi connectivity index (χ3v) is 4.38. The standard InChI is InChI=1S/C15H28N2O/c1-12-8-14(11-16-10-12)17-15(18)9-13-6-4-2-3-5-7-13/h12-14,16H,2-11H2,1H3,(H,17,18). The summed E-state index contributed by atoms with van der Waals surface area (Å²) in [7, 11) is 0. The van der Waals surface area contributed by atoms with Crippen molar-refractivity contribution in [2.75, 3.05) is 13.1 Å². The van der Waals surface area contributed by atoms with Crippen LogP contribution in [-0.2, 0) is 4.79 Å². The number of carbonyl (C=O) groups is 1. The SMILES string of the molecule is CC1CNCC(NC(=O)CC2CCCCCC2)C1. The predicted molar refractivity (Wildman–Crippen MR) is 74.4 cm³/mol. The highest BCUT2D eigenvalue weighted by atomic mass is 16.1. The summed E-state index contributed by atoms with van der Waals surface area (Å²) in [6.45, 7) is 4.28. The molecule has 1 saturated heterocycles. The fourth-order valence-electron chi connectivity index (χ4n) is 3.38. The van der Waals surface area contributed by atoms with Crippen molar-refractivity contribution in [1.29, 1.82) is 0 Å². The monoisotopic (exact) mass is 252 g/mol. The van der Waals surface area contributed by atoms with Gasteiger partial charge in [0.1, 0.15) is 0 Å². The van der Waals surface area contributed by atoms with E-state index in [9.17, 15) is 4.79 Å². The molecular formula is C15H28N2O. The lowest BCUT2D eigenvalue weighted by atomic mass is 9.94. The molecule has 1 saturated carbocycles. The van der Waals surface area contributed by atoms with Gasteiger partial charge in [0.25, 0.3) is 0 Å². The van der Waals surface area contributed by atoms with Gasteiger partial charge in [-0.2, -0.15) is 0 Å². The van der Waals surface area contributed by atoms with E-state index in [1.54, 1.807) is 0 Å². The molecule has 18 heavy (non-hydrogen) atoms. The highest BCUT2D eigenvalue weighted by Gasteiger charge is 2.22. The molecule has 0 bridgehead atoms. The highest BCUT2D eigenvalue weighted by Crippen LogP contribution is 2.25. The first-order chi connectivity index (χ1) is 8.74. The van der Waals surface area contributed by atoms with E-state index < -0.39 is 0 Å². The van der Waals surface area contributed by atoms with Crippen molar-refractivity contribution in [3.05, 3.63) is 0 Å². The number of piperidine rings is 1. The first kappa shape index (κ1) is 13.9. The van der Waals surface area contributed by atoms with Gasteiger partial charge in [-0.1, -0.05) is 32.6 Å². The molecule has 0 aromatic heterocycles. The van der Waals surface area contributed by atoms with Gasteiger partial charge < -0.3 is 10.6 Å². The van der Waals surface area contributed by atoms with E-state index in [2.05, 4.69) is 17.6 Å². The van der Waals surface area contributed by atoms with Crippen LogP contribution in [0.1, 0.15) is 58.3 Å².